The van der Waals surface area contributed by atoms with Gasteiger partial charge >= 0.3 is 0 Å². The van der Waals surface area contributed by atoms with Gasteiger partial charge in [-0.15, -0.1) is 0 Å². The predicted octanol–water partition coefficient (Wildman–Crippen LogP) is 4.06. The third kappa shape index (κ3) is 4.13. The van der Waals surface area contributed by atoms with E-state index in [1.807, 2.05) is 12.1 Å². The first kappa shape index (κ1) is 21.7. The summed E-state index contributed by atoms with van der Waals surface area (Å²) < 4.78 is 55.6. The van der Waals surface area contributed by atoms with Crippen molar-refractivity contribution in [3.05, 3.63) is 70.3 Å². The highest BCUT2D eigenvalue weighted by Crippen LogP contribution is 2.43. The zero-order chi connectivity index (χ0) is 22.7. The number of fused-ring (bicyclic) bond motifs is 1. The van der Waals surface area contributed by atoms with E-state index in [1.165, 1.54) is 16.8 Å². The fraction of sp³-hybridized carbons (Fsp3) is 0.538. The lowest BCUT2D eigenvalue weighted by atomic mass is 9.85. The molecular weight excluding hydrogens is 442 g/mol. The smallest absolute Gasteiger partial charge is 0.214 e. The van der Waals surface area contributed by atoms with Crippen LogP contribution >= 0.6 is 0 Å². The first-order chi connectivity index (χ1) is 15.9. The zero-order valence-electron chi connectivity index (χ0n) is 18.7. The van der Waals surface area contributed by atoms with E-state index in [9.17, 15) is 12.8 Å². The van der Waals surface area contributed by atoms with Gasteiger partial charge < -0.3 is 0 Å². The highest BCUT2D eigenvalue weighted by Gasteiger charge is 2.43. The summed E-state index contributed by atoms with van der Waals surface area (Å²) >= 11 is 0. The largest absolute Gasteiger partial charge is 0.299 e. The van der Waals surface area contributed by atoms with E-state index in [1.54, 1.807) is 18.2 Å². The third-order valence-corrected chi connectivity index (χ3v) is 10.1. The SMILES string of the molecule is O=S(=O)(CC1CC1)N1CC(c2cc3c(cc2F)CC(N2CCC2)C3Cc2cccc(F)c2)C1. The number of rotatable bonds is 7. The second-order valence-electron chi connectivity index (χ2n) is 10.4. The van der Waals surface area contributed by atoms with Crippen molar-refractivity contribution >= 4 is 10.0 Å². The molecule has 2 heterocycles. The van der Waals surface area contributed by atoms with Crippen molar-refractivity contribution in [1.82, 2.24) is 9.21 Å². The van der Waals surface area contributed by atoms with Gasteiger partial charge in [-0.25, -0.2) is 21.5 Å². The third-order valence-electron chi connectivity index (χ3n) is 8.08. The molecular formula is C26H30F2N2O2S. The van der Waals surface area contributed by atoms with Gasteiger partial charge in [-0.05, 0) is 91.6 Å². The molecule has 2 atom stereocenters. The molecule has 1 saturated carbocycles. The number of hydrogen-bond acceptors (Lipinski definition) is 3. The molecule has 3 fully saturated rings. The van der Waals surface area contributed by atoms with Gasteiger partial charge in [0.2, 0.25) is 10.0 Å². The maximum absolute atomic E-state index is 15.2. The van der Waals surface area contributed by atoms with Gasteiger partial charge in [0.1, 0.15) is 11.6 Å². The average Bonchev–Trinajstić information content (AvgIpc) is 3.42. The lowest BCUT2D eigenvalue weighted by Gasteiger charge is -2.40. The van der Waals surface area contributed by atoms with Gasteiger partial charge in [0.05, 0.1) is 5.75 Å². The number of nitrogens with zero attached hydrogens (tertiary/aromatic N) is 2. The maximum atomic E-state index is 15.2. The van der Waals surface area contributed by atoms with Crippen LogP contribution in [0, 0.1) is 17.6 Å². The minimum absolute atomic E-state index is 0.0952. The lowest BCUT2D eigenvalue weighted by Crippen LogP contribution is -2.49. The Bertz CT molecular complexity index is 1170. The fourth-order valence-corrected chi connectivity index (χ4v) is 7.78. The Kier molecular flexibility index (Phi) is 5.35. The Morgan fingerprint density at radius 2 is 1.79 bits per heavy atom. The van der Waals surface area contributed by atoms with Crippen LogP contribution in [0.4, 0.5) is 8.78 Å². The fourth-order valence-electron chi connectivity index (χ4n) is 5.83. The van der Waals surface area contributed by atoms with E-state index in [2.05, 4.69) is 4.90 Å². The Labute approximate surface area is 194 Å². The molecule has 0 aromatic heterocycles. The summed E-state index contributed by atoms with van der Waals surface area (Å²) in [5.74, 6) is 0.200. The summed E-state index contributed by atoms with van der Waals surface area (Å²) in [6.45, 7) is 2.86. The summed E-state index contributed by atoms with van der Waals surface area (Å²) in [5, 5.41) is 0. The highest BCUT2D eigenvalue weighted by molar-refractivity contribution is 7.89. The van der Waals surface area contributed by atoms with E-state index >= 15 is 4.39 Å². The quantitative estimate of drug-likeness (QED) is 0.610. The molecule has 4 nitrogen and oxygen atoms in total. The first-order valence-corrected chi connectivity index (χ1v) is 13.8. The van der Waals surface area contributed by atoms with Gasteiger partial charge in [-0.3, -0.25) is 4.90 Å². The van der Waals surface area contributed by atoms with Crippen molar-refractivity contribution in [2.45, 2.75) is 50.0 Å². The first-order valence-electron chi connectivity index (χ1n) is 12.2. The normalized spacial score (nSPS) is 26.1. The Morgan fingerprint density at radius 1 is 1.00 bits per heavy atom. The topological polar surface area (TPSA) is 40.6 Å². The summed E-state index contributed by atoms with van der Waals surface area (Å²) in [5.41, 5.74) is 3.81. The molecule has 2 aromatic carbocycles. The number of benzene rings is 2. The molecule has 2 aromatic rings. The van der Waals surface area contributed by atoms with Crippen molar-refractivity contribution < 1.29 is 17.2 Å². The van der Waals surface area contributed by atoms with Crippen molar-refractivity contribution in [2.24, 2.45) is 5.92 Å². The van der Waals surface area contributed by atoms with Crippen LogP contribution in [0.5, 0.6) is 0 Å². The van der Waals surface area contributed by atoms with Gasteiger partial charge in [0.25, 0.3) is 0 Å². The summed E-state index contributed by atoms with van der Waals surface area (Å²) in [6.07, 6.45) is 4.73. The number of sulfonamides is 1. The Balaban J connectivity index is 1.26. The van der Waals surface area contributed by atoms with Crippen molar-refractivity contribution in [1.29, 1.82) is 0 Å². The highest BCUT2D eigenvalue weighted by atomic mass is 32.2. The molecule has 176 valence electrons. The standard InChI is InChI=1S/C26H30F2N2O2S/c27-21-4-1-3-18(9-21)10-24-22-13-23(20-14-30(15-20)33(31,32)16-17-5-6-17)25(28)11-19(22)12-26(24)29-7-2-8-29/h1,3-4,9,11,13,17,20,24,26H,2,5-8,10,12,14-16H2. The van der Waals surface area contributed by atoms with Crippen LogP contribution < -0.4 is 0 Å². The molecule has 7 heteroatoms. The van der Waals surface area contributed by atoms with Crippen LogP contribution in [0.2, 0.25) is 0 Å². The molecule has 0 bridgehead atoms. The van der Waals surface area contributed by atoms with E-state index in [-0.39, 0.29) is 29.2 Å². The maximum Gasteiger partial charge on any atom is 0.214 e. The van der Waals surface area contributed by atoms with Gasteiger partial charge in [0, 0.05) is 31.0 Å². The molecule has 0 N–H and O–H groups in total. The van der Waals surface area contributed by atoms with Gasteiger partial charge in [0.15, 0.2) is 0 Å². The zero-order valence-corrected chi connectivity index (χ0v) is 19.5. The monoisotopic (exact) mass is 472 g/mol. The molecule has 2 unspecified atom stereocenters. The van der Waals surface area contributed by atoms with Crippen LogP contribution in [0.1, 0.15) is 53.4 Å². The van der Waals surface area contributed by atoms with Crippen LogP contribution in [0.3, 0.4) is 0 Å². The average molecular weight is 473 g/mol. The minimum Gasteiger partial charge on any atom is -0.299 e. The Morgan fingerprint density at radius 3 is 2.45 bits per heavy atom. The minimum atomic E-state index is -3.23. The molecule has 2 aliphatic carbocycles. The van der Waals surface area contributed by atoms with E-state index in [0.717, 1.165) is 55.5 Å². The van der Waals surface area contributed by atoms with Crippen LogP contribution in [0.25, 0.3) is 0 Å². The molecule has 4 aliphatic rings. The summed E-state index contributed by atoms with van der Waals surface area (Å²) in [4.78, 5) is 2.47. The van der Waals surface area contributed by atoms with E-state index in [0.29, 0.717) is 30.6 Å². The van der Waals surface area contributed by atoms with E-state index in [4.69, 9.17) is 0 Å². The summed E-state index contributed by atoms with van der Waals surface area (Å²) in [6, 6.07) is 10.8. The van der Waals surface area contributed by atoms with E-state index < -0.39 is 10.0 Å². The van der Waals surface area contributed by atoms with Crippen molar-refractivity contribution in [3.63, 3.8) is 0 Å². The van der Waals surface area contributed by atoms with Crippen LogP contribution in [0.15, 0.2) is 36.4 Å². The lowest BCUT2D eigenvalue weighted by molar-refractivity contribution is 0.106. The molecule has 2 aliphatic heterocycles. The molecule has 33 heavy (non-hydrogen) atoms. The molecule has 6 rings (SSSR count). The molecule has 2 saturated heterocycles. The second kappa shape index (κ2) is 8.14. The second-order valence-corrected chi connectivity index (χ2v) is 12.4. The number of hydrogen-bond donors (Lipinski definition) is 0. The molecule has 0 spiro atoms. The van der Waals surface area contributed by atoms with Gasteiger partial charge in [-0.2, -0.15) is 0 Å². The summed E-state index contributed by atoms with van der Waals surface area (Å²) in [7, 11) is -3.23. The predicted molar refractivity (Wildman–Crippen MR) is 124 cm³/mol. The molecule has 0 amide bonds. The van der Waals surface area contributed by atoms with Crippen LogP contribution in [-0.4, -0.2) is 55.6 Å². The van der Waals surface area contributed by atoms with Crippen LogP contribution in [-0.2, 0) is 22.9 Å². The van der Waals surface area contributed by atoms with Crippen molar-refractivity contribution in [2.75, 3.05) is 31.9 Å². The van der Waals surface area contributed by atoms with Gasteiger partial charge in [-0.1, -0.05) is 18.2 Å². The Hall–Kier alpha value is -1.83. The number of halogens is 2. The number of likely N-dealkylation sites (tertiary alicyclic amines) is 1. The van der Waals surface area contributed by atoms with Crippen molar-refractivity contribution in [3.8, 4) is 0 Å². The molecule has 0 radical (unpaired) electrons.